The van der Waals surface area contributed by atoms with Gasteiger partial charge in [0, 0.05) is 30.6 Å². The quantitative estimate of drug-likeness (QED) is 0.787. The molecule has 1 saturated heterocycles. The topological polar surface area (TPSA) is 67.5 Å². The molecule has 0 unspecified atom stereocenters. The van der Waals surface area contributed by atoms with Crippen molar-refractivity contribution in [3.8, 4) is 11.3 Å². The summed E-state index contributed by atoms with van der Waals surface area (Å²) in [6.07, 6.45) is 7.97. The second-order valence-electron chi connectivity index (χ2n) is 8.08. The molecule has 0 spiro atoms. The summed E-state index contributed by atoms with van der Waals surface area (Å²) in [5.41, 5.74) is 1.62. The molecule has 0 amide bonds. The SMILES string of the molecule is O[C@H]1CC[C@@H](Cc2cc(-c3ccc(F)cc3)on2)O[C@@H]1CNC1CCCCC1. The lowest BCUT2D eigenvalue weighted by molar-refractivity contribution is -0.115. The van der Waals surface area contributed by atoms with E-state index in [0.717, 1.165) is 24.1 Å². The van der Waals surface area contributed by atoms with Gasteiger partial charge in [-0.3, -0.25) is 0 Å². The second kappa shape index (κ2) is 9.16. The van der Waals surface area contributed by atoms with Crippen LogP contribution in [0, 0.1) is 5.82 Å². The van der Waals surface area contributed by atoms with E-state index in [4.69, 9.17) is 9.26 Å². The fraction of sp³-hybridized carbons (Fsp3) is 0.591. The van der Waals surface area contributed by atoms with Crippen molar-refractivity contribution in [3.05, 3.63) is 41.8 Å². The molecule has 0 bridgehead atoms. The molecule has 2 aliphatic rings. The molecule has 1 aliphatic carbocycles. The van der Waals surface area contributed by atoms with Gasteiger partial charge in [-0.05, 0) is 49.9 Å². The highest BCUT2D eigenvalue weighted by atomic mass is 19.1. The zero-order valence-electron chi connectivity index (χ0n) is 16.1. The Hall–Kier alpha value is -1.76. The molecule has 0 radical (unpaired) electrons. The summed E-state index contributed by atoms with van der Waals surface area (Å²) in [4.78, 5) is 0. The van der Waals surface area contributed by atoms with Crippen molar-refractivity contribution >= 4 is 0 Å². The highest BCUT2D eigenvalue weighted by molar-refractivity contribution is 5.57. The van der Waals surface area contributed by atoms with Gasteiger partial charge in [0.05, 0.1) is 24.0 Å². The lowest BCUT2D eigenvalue weighted by atomic mass is 9.94. The average Bonchev–Trinajstić information content (AvgIpc) is 3.18. The summed E-state index contributed by atoms with van der Waals surface area (Å²) in [6.45, 7) is 0.696. The number of aromatic nitrogens is 1. The van der Waals surface area contributed by atoms with E-state index >= 15 is 0 Å². The summed E-state index contributed by atoms with van der Waals surface area (Å²) < 4.78 is 24.7. The average molecular weight is 388 g/mol. The van der Waals surface area contributed by atoms with Crippen LogP contribution < -0.4 is 5.32 Å². The highest BCUT2D eigenvalue weighted by Crippen LogP contribution is 2.26. The second-order valence-corrected chi connectivity index (χ2v) is 8.08. The summed E-state index contributed by atoms with van der Waals surface area (Å²) >= 11 is 0. The van der Waals surface area contributed by atoms with Gasteiger partial charge in [-0.2, -0.15) is 0 Å². The molecule has 2 fully saturated rings. The van der Waals surface area contributed by atoms with Gasteiger partial charge in [0.15, 0.2) is 5.76 Å². The van der Waals surface area contributed by atoms with Crippen molar-refractivity contribution in [2.75, 3.05) is 6.54 Å². The van der Waals surface area contributed by atoms with Crippen molar-refractivity contribution in [2.45, 2.75) is 75.7 Å². The molecular weight excluding hydrogens is 359 g/mol. The predicted molar refractivity (Wildman–Crippen MR) is 104 cm³/mol. The van der Waals surface area contributed by atoms with Gasteiger partial charge in [-0.15, -0.1) is 0 Å². The Kier molecular flexibility index (Phi) is 6.40. The Morgan fingerprint density at radius 2 is 1.86 bits per heavy atom. The minimum Gasteiger partial charge on any atom is -0.390 e. The van der Waals surface area contributed by atoms with Crippen LogP contribution in [0.15, 0.2) is 34.9 Å². The fourth-order valence-corrected chi connectivity index (χ4v) is 4.26. The maximum atomic E-state index is 13.1. The maximum Gasteiger partial charge on any atom is 0.167 e. The standard InChI is InChI=1S/C22H29FN2O3/c23-16-8-6-15(7-9-16)21-13-18(25-28-21)12-19-10-11-20(26)22(27-19)14-24-17-4-2-1-3-5-17/h6-9,13,17,19-20,22,24,26H,1-5,10-12,14H2/t19-,20-,22+/m0/s1. The number of hydrogen-bond acceptors (Lipinski definition) is 5. The van der Waals surface area contributed by atoms with E-state index in [-0.39, 0.29) is 18.0 Å². The van der Waals surface area contributed by atoms with Crippen molar-refractivity contribution < 1.29 is 18.8 Å². The van der Waals surface area contributed by atoms with Gasteiger partial charge < -0.3 is 19.7 Å². The molecular formula is C22H29FN2O3. The summed E-state index contributed by atoms with van der Waals surface area (Å²) in [5, 5.41) is 18.1. The van der Waals surface area contributed by atoms with E-state index < -0.39 is 6.10 Å². The van der Waals surface area contributed by atoms with E-state index in [1.807, 2.05) is 6.07 Å². The number of nitrogens with one attached hydrogen (secondary N) is 1. The molecule has 152 valence electrons. The number of aliphatic hydroxyl groups excluding tert-OH is 1. The molecule has 28 heavy (non-hydrogen) atoms. The zero-order valence-corrected chi connectivity index (χ0v) is 16.1. The van der Waals surface area contributed by atoms with Gasteiger partial charge >= 0.3 is 0 Å². The molecule has 1 saturated carbocycles. The Labute approximate surface area is 165 Å². The van der Waals surface area contributed by atoms with Crippen molar-refractivity contribution in [2.24, 2.45) is 0 Å². The minimum absolute atomic E-state index is 0.0210. The van der Waals surface area contributed by atoms with Crippen LogP contribution in [-0.4, -0.2) is 41.2 Å². The number of nitrogens with zero attached hydrogens (tertiary/aromatic N) is 1. The van der Waals surface area contributed by atoms with Crippen molar-refractivity contribution in [3.63, 3.8) is 0 Å². The Bertz CT molecular complexity index is 742. The molecule has 6 heteroatoms. The Balaban J connectivity index is 1.31. The van der Waals surface area contributed by atoms with E-state index in [2.05, 4.69) is 10.5 Å². The minimum atomic E-state index is -0.417. The van der Waals surface area contributed by atoms with E-state index in [9.17, 15) is 9.50 Å². The Morgan fingerprint density at radius 3 is 2.64 bits per heavy atom. The lowest BCUT2D eigenvalue weighted by Crippen LogP contribution is -2.47. The van der Waals surface area contributed by atoms with Crippen LogP contribution in [0.5, 0.6) is 0 Å². The van der Waals surface area contributed by atoms with Crippen LogP contribution in [-0.2, 0) is 11.2 Å². The molecule has 2 aromatic rings. The van der Waals surface area contributed by atoms with E-state index in [1.54, 1.807) is 12.1 Å². The van der Waals surface area contributed by atoms with Gasteiger partial charge in [-0.1, -0.05) is 24.4 Å². The largest absolute Gasteiger partial charge is 0.390 e. The number of aliphatic hydroxyl groups is 1. The third-order valence-electron chi connectivity index (χ3n) is 5.92. The highest BCUT2D eigenvalue weighted by Gasteiger charge is 2.31. The van der Waals surface area contributed by atoms with E-state index in [1.165, 1.54) is 44.2 Å². The number of rotatable bonds is 6. The molecule has 2 N–H and O–H groups in total. The number of benzene rings is 1. The van der Waals surface area contributed by atoms with Gasteiger partial charge in [-0.25, -0.2) is 4.39 Å². The van der Waals surface area contributed by atoms with Crippen LogP contribution in [0.1, 0.15) is 50.6 Å². The number of ether oxygens (including phenoxy) is 1. The van der Waals surface area contributed by atoms with Crippen LogP contribution in [0.4, 0.5) is 4.39 Å². The predicted octanol–water partition coefficient (Wildman–Crippen LogP) is 3.85. The third kappa shape index (κ3) is 4.99. The molecule has 1 aromatic heterocycles. The van der Waals surface area contributed by atoms with Crippen LogP contribution in [0.25, 0.3) is 11.3 Å². The molecule has 5 nitrogen and oxygen atoms in total. The maximum absolute atomic E-state index is 13.1. The molecule has 2 heterocycles. The summed E-state index contributed by atoms with van der Waals surface area (Å²) in [7, 11) is 0. The van der Waals surface area contributed by atoms with Crippen molar-refractivity contribution in [1.29, 1.82) is 0 Å². The lowest BCUT2D eigenvalue weighted by Gasteiger charge is -2.35. The van der Waals surface area contributed by atoms with E-state index in [0.29, 0.717) is 24.8 Å². The number of halogens is 1. The first kappa shape index (κ1) is 19.6. The molecule has 1 aromatic carbocycles. The monoisotopic (exact) mass is 388 g/mol. The van der Waals surface area contributed by atoms with Gasteiger partial charge in [0.25, 0.3) is 0 Å². The molecule has 3 atom stereocenters. The zero-order chi connectivity index (χ0) is 19.3. The first-order valence-electron chi connectivity index (χ1n) is 10.5. The first-order valence-corrected chi connectivity index (χ1v) is 10.5. The normalized spacial score (nSPS) is 26.4. The van der Waals surface area contributed by atoms with Gasteiger partial charge in [0.2, 0.25) is 0 Å². The Morgan fingerprint density at radius 1 is 1.07 bits per heavy atom. The number of hydrogen-bond donors (Lipinski definition) is 2. The summed E-state index contributed by atoms with van der Waals surface area (Å²) in [6, 6.07) is 8.62. The smallest absolute Gasteiger partial charge is 0.167 e. The van der Waals surface area contributed by atoms with Crippen LogP contribution in [0.3, 0.4) is 0 Å². The first-order chi connectivity index (χ1) is 13.7. The molecule has 1 aliphatic heterocycles. The van der Waals surface area contributed by atoms with Crippen molar-refractivity contribution in [1.82, 2.24) is 10.5 Å². The fourth-order valence-electron chi connectivity index (χ4n) is 4.26. The molecule has 4 rings (SSSR count). The third-order valence-corrected chi connectivity index (χ3v) is 5.92. The van der Waals surface area contributed by atoms with Crippen LogP contribution >= 0.6 is 0 Å². The van der Waals surface area contributed by atoms with Crippen LogP contribution in [0.2, 0.25) is 0 Å². The van der Waals surface area contributed by atoms with Gasteiger partial charge in [0.1, 0.15) is 5.82 Å². The summed E-state index contributed by atoms with van der Waals surface area (Å²) in [5.74, 6) is 0.354.